The summed E-state index contributed by atoms with van der Waals surface area (Å²) in [5.41, 5.74) is 5.15. The molecule has 1 amide bonds. The highest BCUT2D eigenvalue weighted by Crippen LogP contribution is 2.12. The van der Waals surface area contributed by atoms with Crippen LogP contribution in [0, 0.1) is 6.42 Å². The minimum Gasteiger partial charge on any atom is -0.368 e. The summed E-state index contributed by atoms with van der Waals surface area (Å²) in [5, 5.41) is 0. The zero-order valence-corrected chi connectivity index (χ0v) is 6.21. The highest BCUT2D eigenvalue weighted by atomic mass is 16.1. The molecule has 0 aromatic heterocycles. The monoisotopic (exact) mass is 141 g/mol. The summed E-state index contributed by atoms with van der Waals surface area (Å²) in [6.07, 6.45) is 4.13. The second kappa shape index (κ2) is 3.01. The Kier molecular flexibility index (Phi) is 2.27. The van der Waals surface area contributed by atoms with Crippen molar-refractivity contribution in [1.29, 1.82) is 0 Å². The second-order valence-corrected chi connectivity index (χ2v) is 2.71. The lowest BCUT2D eigenvalue weighted by atomic mass is 10.0. The molecule has 0 aromatic carbocycles. The van der Waals surface area contributed by atoms with Crippen LogP contribution in [0.4, 0.5) is 0 Å². The maximum absolute atomic E-state index is 10.7. The van der Waals surface area contributed by atoms with E-state index >= 15 is 0 Å². The van der Waals surface area contributed by atoms with Crippen molar-refractivity contribution in [3.8, 4) is 0 Å². The number of rotatable bonds is 1. The molecule has 2 N–H and O–H groups in total. The molecule has 1 aliphatic rings. The molecule has 57 valence electrons. The van der Waals surface area contributed by atoms with Crippen molar-refractivity contribution in [2.75, 3.05) is 13.6 Å². The van der Waals surface area contributed by atoms with Gasteiger partial charge in [0.25, 0.3) is 0 Å². The van der Waals surface area contributed by atoms with Gasteiger partial charge in [-0.15, -0.1) is 0 Å². The molecule has 1 aliphatic heterocycles. The molecular formula is C7H13N2O. The molecular weight excluding hydrogens is 128 g/mol. The van der Waals surface area contributed by atoms with Crippen molar-refractivity contribution in [2.24, 2.45) is 5.73 Å². The lowest BCUT2D eigenvalue weighted by Gasteiger charge is -2.29. The number of carbonyl (C=O) groups is 1. The lowest BCUT2D eigenvalue weighted by molar-refractivity contribution is -0.122. The predicted octanol–water partition coefficient (Wildman–Crippen LogP) is -0.230. The van der Waals surface area contributed by atoms with Crippen molar-refractivity contribution in [3.05, 3.63) is 6.42 Å². The number of primary amides is 1. The average molecular weight is 141 g/mol. The molecule has 1 heterocycles. The van der Waals surface area contributed by atoms with Crippen LogP contribution in [0.3, 0.4) is 0 Å². The third kappa shape index (κ3) is 1.48. The topological polar surface area (TPSA) is 46.3 Å². The number of nitrogens with zero attached hydrogens (tertiary/aromatic N) is 1. The summed E-state index contributed by atoms with van der Waals surface area (Å²) < 4.78 is 0. The van der Waals surface area contributed by atoms with E-state index in [9.17, 15) is 4.79 Å². The van der Waals surface area contributed by atoms with Crippen LogP contribution in [0.15, 0.2) is 0 Å². The smallest absolute Gasteiger partial charge is 0.235 e. The van der Waals surface area contributed by atoms with Gasteiger partial charge in [-0.25, -0.2) is 0 Å². The highest BCUT2D eigenvalue weighted by molar-refractivity contribution is 5.81. The molecule has 3 heteroatoms. The van der Waals surface area contributed by atoms with Gasteiger partial charge in [0.1, 0.15) is 0 Å². The molecule has 1 rings (SSSR count). The molecule has 1 saturated heterocycles. The number of likely N-dealkylation sites (tertiary alicyclic amines) is 1. The molecule has 0 saturated carbocycles. The van der Waals surface area contributed by atoms with Gasteiger partial charge in [-0.2, -0.15) is 0 Å². The van der Waals surface area contributed by atoms with Crippen molar-refractivity contribution >= 4 is 5.91 Å². The van der Waals surface area contributed by atoms with Gasteiger partial charge in [-0.1, -0.05) is 0 Å². The van der Waals surface area contributed by atoms with Crippen molar-refractivity contribution in [1.82, 2.24) is 4.90 Å². The summed E-state index contributed by atoms with van der Waals surface area (Å²) in [7, 11) is 1.92. The van der Waals surface area contributed by atoms with Crippen LogP contribution >= 0.6 is 0 Å². The van der Waals surface area contributed by atoms with Gasteiger partial charge in [0.2, 0.25) is 5.91 Å². The quantitative estimate of drug-likeness (QED) is 0.548. The Labute approximate surface area is 61.2 Å². The van der Waals surface area contributed by atoms with E-state index in [1.165, 1.54) is 0 Å². The van der Waals surface area contributed by atoms with E-state index in [1.54, 1.807) is 0 Å². The Morgan fingerprint density at radius 1 is 1.80 bits per heavy atom. The molecule has 0 spiro atoms. The third-order valence-corrected chi connectivity index (χ3v) is 1.87. The molecule has 0 bridgehead atoms. The minimum absolute atomic E-state index is 0.131. The first-order valence-electron chi connectivity index (χ1n) is 3.54. The summed E-state index contributed by atoms with van der Waals surface area (Å²) in [6, 6.07) is -0.131. The molecule has 10 heavy (non-hydrogen) atoms. The van der Waals surface area contributed by atoms with Gasteiger partial charge in [0.05, 0.1) is 6.04 Å². The molecule has 3 nitrogen and oxygen atoms in total. The Morgan fingerprint density at radius 3 is 2.90 bits per heavy atom. The van der Waals surface area contributed by atoms with Crippen molar-refractivity contribution in [3.63, 3.8) is 0 Å². The van der Waals surface area contributed by atoms with Crippen LogP contribution in [-0.4, -0.2) is 30.4 Å². The fourth-order valence-electron chi connectivity index (χ4n) is 1.27. The van der Waals surface area contributed by atoms with Crippen LogP contribution in [0.5, 0.6) is 0 Å². The van der Waals surface area contributed by atoms with Crippen LogP contribution in [0.1, 0.15) is 12.8 Å². The molecule has 1 fully saturated rings. The zero-order chi connectivity index (χ0) is 7.56. The number of carbonyl (C=O) groups excluding carboxylic acids is 1. The molecule has 1 atom stereocenters. The summed E-state index contributed by atoms with van der Waals surface area (Å²) in [4.78, 5) is 12.7. The standard InChI is InChI=1S/C7H13N2O/c1-9-5-3-2-4-6(9)7(8)10/h4,6H,2-3,5H2,1H3,(H2,8,10)/t6-/m0/s1. The second-order valence-electron chi connectivity index (χ2n) is 2.71. The summed E-state index contributed by atoms with van der Waals surface area (Å²) in [5.74, 6) is -0.234. The Bertz CT molecular complexity index is 136. The fraction of sp³-hybridized carbons (Fsp3) is 0.714. The number of piperidine rings is 1. The average Bonchev–Trinajstić information content (AvgIpc) is 1.88. The molecule has 0 aliphatic carbocycles. The SMILES string of the molecule is CN1CCC[CH][C@H]1C(N)=O. The first kappa shape index (κ1) is 7.54. The normalized spacial score (nSPS) is 28.3. The van der Waals surface area contributed by atoms with Crippen molar-refractivity contribution in [2.45, 2.75) is 18.9 Å². The van der Waals surface area contributed by atoms with Crippen LogP contribution in [0.2, 0.25) is 0 Å². The van der Waals surface area contributed by atoms with E-state index in [2.05, 4.69) is 0 Å². The van der Waals surface area contributed by atoms with E-state index in [4.69, 9.17) is 5.73 Å². The zero-order valence-electron chi connectivity index (χ0n) is 6.21. The van der Waals surface area contributed by atoms with Gasteiger partial charge < -0.3 is 5.73 Å². The van der Waals surface area contributed by atoms with Crippen molar-refractivity contribution < 1.29 is 4.79 Å². The van der Waals surface area contributed by atoms with E-state index in [0.29, 0.717) is 0 Å². The number of likely N-dealkylation sites (N-methyl/N-ethyl adjacent to an activating group) is 1. The highest BCUT2D eigenvalue weighted by Gasteiger charge is 2.23. The van der Waals surface area contributed by atoms with Crippen LogP contribution in [-0.2, 0) is 4.79 Å². The fourth-order valence-corrected chi connectivity index (χ4v) is 1.27. The minimum atomic E-state index is -0.234. The van der Waals surface area contributed by atoms with Gasteiger partial charge in [0, 0.05) is 0 Å². The number of hydrogen-bond donors (Lipinski definition) is 1. The Balaban J connectivity index is 2.47. The van der Waals surface area contributed by atoms with E-state index < -0.39 is 0 Å². The maximum atomic E-state index is 10.7. The van der Waals surface area contributed by atoms with Gasteiger partial charge in [-0.3, -0.25) is 9.69 Å². The number of amides is 1. The third-order valence-electron chi connectivity index (χ3n) is 1.87. The van der Waals surface area contributed by atoms with Crippen LogP contribution < -0.4 is 5.73 Å². The van der Waals surface area contributed by atoms with Gasteiger partial charge in [0.15, 0.2) is 0 Å². The van der Waals surface area contributed by atoms with E-state index in [1.807, 2.05) is 18.4 Å². The van der Waals surface area contributed by atoms with E-state index in [-0.39, 0.29) is 11.9 Å². The number of hydrogen-bond acceptors (Lipinski definition) is 2. The molecule has 0 aromatic rings. The van der Waals surface area contributed by atoms with Gasteiger partial charge >= 0.3 is 0 Å². The first-order chi connectivity index (χ1) is 4.72. The Hall–Kier alpha value is -0.570. The first-order valence-corrected chi connectivity index (χ1v) is 3.54. The molecule has 1 radical (unpaired) electrons. The van der Waals surface area contributed by atoms with Gasteiger partial charge in [-0.05, 0) is 32.9 Å². The van der Waals surface area contributed by atoms with E-state index in [0.717, 1.165) is 19.4 Å². The number of nitrogens with two attached hydrogens (primary N) is 1. The summed E-state index contributed by atoms with van der Waals surface area (Å²) >= 11 is 0. The molecule has 0 unspecified atom stereocenters. The largest absolute Gasteiger partial charge is 0.368 e. The van der Waals surface area contributed by atoms with Crippen LogP contribution in [0.25, 0.3) is 0 Å². The Morgan fingerprint density at radius 2 is 2.50 bits per heavy atom. The maximum Gasteiger partial charge on any atom is 0.235 e. The lowest BCUT2D eigenvalue weighted by Crippen LogP contribution is -2.45. The summed E-state index contributed by atoms with van der Waals surface area (Å²) in [6.45, 7) is 0.976. The predicted molar refractivity (Wildman–Crippen MR) is 39.1 cm³/mol.